The minimum atomic E-state index is 0. The average Bonchev–Trinajstić information content (AvgIpc) is 3.63. The van der Waals surface area contributed by atoms with Crippen LogP contribution in [0.3, 0.4) is 0 Å². The molecule has 256 valence electrons. The van der Waals surface area contributed by atoms with Crippen molar-refractivity contribution in [3.8, 4) is 11.1 Å². The summed E-state index contributed by atoms with van der Waals surface area (Å²) in [6.07, 6.45) is 6.68. The predicted octanol–water partition coefficient (Wildman–Crippen LogP) is 5.93. The summed E-state index contributed by atoms with van der Waals surface area (Å²) in [6, 6.07) is 46.8. The van der Waals surface area contributed by atoms with Crippen molar-refractivity contribution in [3.63, 3.8) is 0 Å². The summed E-state index contributed by atoms with van der Waals surface area (Å²) >= 11 is 1.46. The van der Waals surface area contributed by atoms with Crippen molar-refractivity contribution >= 4 is 8.78 Å². The Hall–Kier alpha value is -3.09. The number of halogens is 2. The first-order valence-corrected chi connectivity index (χ1v) is 18.3. The molecule has 1 atom stereocenters. The van der Waals surface area contributed by atoms with E-state index in [0.29, 0.717) is 5.92 Å². The zero-order valence-corrected chi connectivity index (χ0v) is 34.6. The maximum atomic E-state index is 3.67. The van der Waals surface area contributed by atoms with E-state index in [2.05, 4.69) is 189 Å². The van der Waals surface area contributed by atoms with Gasteiger partial charge in [-0.15, -0.1) is 16.7 Å². The number of hydrogen-bond donors (Lipinski definition) is 0. The number of fused-ring (bicyclic) bond motifs is 3. The van der Waals surface area contributed by atoms with Crippen LogP contribution in [0.5, 0.6) is 0 Å². The molecule has 5 aromatic carbocycles. The van der Waals surface area contributed by atoms with Gasteiger partial charge in [-0.05, 0) is 28.4 Å². The number of benzene rings is 5. The van der Waals surface area contributed by atoms with Gasteiger partial charge in [-0.3, -0.25) is 6.08 Å². The molecule has 0 saturated heterocycles. The van der Waals surface area contributed by atoms with Gasteiger partial charge in [-0.1, -0.05) is 115 Å². The molecule has 0 bridgehead atoms. The van der Waals surface area contributed by atoms with E-state index in [1.807, 2.05) is 6.07 Å². The van der Waals surface area contributed by atoms with Crippen molar-refractivity contribution in [3.05, 3.63) is 184 Å². The Morgan fingerprint density at radius 3 is 1.66 bits per heavy atom. The molecule has 0 fully saturated rings. The average molecular weight is 775 g/mol. The zero-order chi connectivity index (χ0) is 34.5. The maximum absolute atomic E-state index is 3.67. The van der Waals surface area contributed by atoms with Gasteiger partial charge in [0.25, 0.3) is 0 Å². The van der Waals surface area contributed by atoms with Crippen molar-refractivity contribution in [1.29, 1.82) is 0 Å². The molecule has 50 heavy (non-hydrogen) atoms. The van der Waals surface area contributed by atoms with Gasteiger partial charge >= 0.3 is 99.2 Å². The Morgan fingerprint density at radius 1 is 0.660 bits per heavy atom. The molecule has 0 spiro atoms. The molecule has 7 rings (SSSR count). The Balaban J connectivity index is 0.000000206. The fourth-order valence-electron chi connectivity index (χ4n) is 6.17. The second-order valence-corrected chi connectivity index (χ2v) is 16.2. The van der Waals surface area contributed by atoms with E-state index in [1.54, 1.807) is 0 Å². The molecule has 0 radical (unpaired) electrons. The first-order valence-electron chi connectivity index (χ1n) is 17.1. The van der Waals surface area contributed by atoms with Crippen LogP contribution in [0.1, 0.15) is 94.3 Å². The normalized spacial score (nSPS) is 14.2. The molecule has 0 aromatic heterocycles. The van der Waals surface area contributed by atoms with E-state index < -0.39 is 0 Å². The summed E-state index contributed by atoms with van der Waals surface area (Å²) in [4.78, 5) is 0. The minimum absolute atomic E-state index is 0. The van der Waals surface area contributed by atoms with E-state index in [-0.39, 0.29) is 35.6 Å². The van der Waals surface area contributed by atoms with E-state index in [4.69, 9.17) is 0 Å². The summed E-state index contributed by atoms with van der Waals surface area (Å²) in [5.41, 5.74) is 15.3. The van der Waals surface area contributed by atoms with E-state index >= 15 is 0 Å². The Morgan fingerprint density at radius 2 is 1.18 bits per heavy atom. The van der Waals surface area contributed by atoms with Crippen LogP contribution in [-0.4, -0.2) is 3.21 Å². The second kappa shape index (κ2) is 17.9. The van der Waals surface area contributed by atoms with Crippen molar-refractivity contribution < 1.29 is 49.0 Å². The Kier molecular flexibility index (Phi) is 14.8. The van der Waals surface area contributed by atoms with Crippen LogP contribution in [0, 0.1) is 18.1 Å². The Labute approximate surface area is 329 Å². The van der Waals surface area contributed by atoms with Crippen LogP contribution in [0.4, 0.5) is 0 Å². The van der Waals surface area contributed by atoms with Crippen molar-refractivity contribution in [2.45, 2.75) is 72.6 Å². The quantitative estimate of drug-likeness (QED) is 0.196. The van der Waals surface area contributed by atoms with Crippen molar-refractivity contribution in [2.75, 3.05) is 0 Å². The number of rotatable bonds is 3. The third-order valence-corrected chi connectivity index (χ3v) is 10.4. The summed E-state index contributed by atoms with van der Waals surface area (Å²) < 4.78 is 1.42. The first kappa shape index (κ1) is 41.3. The summed E-state index contributed by atoms with van der Waals surface area (Å²) in [6.45, 7) is 17.9. The molecule has 5 aromatic rings. The van der Waals surface area contributed by atoms with Crippen molar-refractivity contribution in [2.24, 2.45) is 5.92 Å². The fraction of sp³-hybridized carbons (Fsp3) is 0.255. The van der Waals surface area contributed by atoms with Gasteiger partial charge in [0.05, 0.1) is 0 Å². The van der Waals surface area contributed by atoms with Crippen LogP contribution in [-0.2, 0) is 41.5 Å². The van der Waals surface area contributed by atoms with E-state index in [1.165, 1.54) is 88.7 Å². The molecule has 0 amide bonds. The summed E-state index contributed by atoms with van der Waals surface area (Å²) in [7, 11) is 0. The first-order chi connectivity index (χ1) is 22.8. The monoisotopic (exact) mass is 772 g/mol. The zero-order valence-electron chi connectivity index (χ0n) is 30.7. The third kappa shape index (κ3) is 10.5. The van der Waals surface area contributed by atoms with Crippen LogP contribution in [0.15, 0.2) is 133 Å². The van der Waals surface area contributed by atoms with Gasteiger partial charge in [0.1, 0.15) is 0 Å². The molecule has 2 aliphatic carbocycles. The third-order valence-electron chi connectivity index (χ3n) is 8.94. The molecule has 0 saturated carbocycles. The van der Waals surface area contributed by atoms with Crippen LogP contribution in [0.2, 0.25) is 0 Å². The molecule has 1 unspecified atom stereocenters. The van der Waals surface area contributed by atoms with Gasteiger partial charge in [0.15, 0.2) is 0 Å². The molecule has 2 aliphatic rings. The molecular weight excluding hydrogens is 727 g/mol. The topological polar surface area (TPSA) is 0 Å². The number of allylic oxidation sites excluding steroid dienone is 4. The summed E-state index contributed by atoms with van der Waals surface area (Å²) in [5, 5.41) is 0. The molecular formula is C47H48Cl2Zr-2. The molecule has 0 N–H and O–H groups in total. The van der Waals surface area contributed by atoms with Crippen LogP contribution in [0.25, 0.3) is 16.7 Å². The van der Waals surface area contributed by atoms with Gasteiger partial charge in [-0.2, -0.15) is 35.4 Å². The van der Waals surface area contributed by atoms with Crippen LogP contribution >= 0.6 is 0 Å². The van der Waals surface area contributed by atoms with Gasteiger partial charge in [0, 0.05) is 0 Å². The number of hydrogen-bond acceptors (Lipinski definition) is 0. The van der Waals surface area contributed by atoms with Crippen LogP contribution < -0.4 is 24.8 Å². The van der Waals surface area contributed by atoms with E-state index in [9.17, 15) is 0 Å². The fourth-order valence-corrected chi connectivity index (χ4v) is 6.99. The Bertz CT molecular complexity index is 1820. The molecule has 0 heterocycles. The van der Waals surface area contributed by atoms with Gasteiger partial charge in [0.2, 0.25) is 0 Å². The van der Waals surface area contributed by atoms with Crippen molar-refractivity contribution in [1.82, 2.24) is 0 Å². The standard InChI is InChI=1S/C21H25.C13H13.C13H10.2ClH.Zr/c1-20(2,3)16-7-9-18-14(12-16)11-15-13-17(21(4,5)6)8-10-19(15)18;1-10-8-11(2)13(9-10)12-6-4-3-5-7-12;1-3-7-12(8-4-1)11-13-9-5-2-6-10-13;;;/h7-10,12H,11H2,1-6H3;3-7,9-10H,1-2H3;1-10H;2*1H;/q2*-1;;;;+2/p-2. The molecule has 0 nitrogen and oxygen atoms in total. The predicted molar refractivity (Wildman–Crippen MR) is 203 cm³/mol. The second-order valence-electron chi connectivity index (χ2n) is 14.9. The van der Waals surface area contributed by atoms with Gasteiger partial charge < -0.3 is 24.8 Å². The van der Waals surface area contributed by atoms with Gasteiger partial charge in [-0.25, -0.2) is 5.57 Å². The summed E-state index contributed by atoms with van der Waals surface area (Å²) in [5.74, 6) is 0.468. The molecule has 0 aliphatic heterocycles. The SMILES string of the molecule is CC(C)(C)c1[c-]c2c(cc1)-c1ccc(C(C)(C)C)cc1C2.CC1=[C-]C(C)C=C1c1ccccc1.[Cl-].[Cl-].[Zr+2]=[C](c1ccccc1)c1ccccc1. The molecule has 3 heteroatoms. The van der Waals surface area contributed by atoms with E-state index in [0.717, 1.165) is 6.42 Å².